The Hall–Kier alpha value is -3.41. The Morgan fingerprint density at radius 3 is 2.63 bits per heavy atom. The van der Waals surface area contributed by atoms with Crippen molar-refractivity contribution in [3.05, 3.63) is 78.2 Å². The molecule has 1 fully saturated rings. The van der Waals surface area contributed by atoms with Gasteiger partial charge >= 0.3 is 0 Å². The number of para-hydroxylation sites is 1. The molecule has 0 unspecified atom stereocenters. The summed E-state index contributed by atoms with van der Waals surface area (Å²) in [4.78, 5) is 23.8. The van der Waals surface area contributed by atoms with Gasteiger partial charge in [0.1, 0.15) is 17.3 Å². The zero-order valence-electron chi connectivity index (χ0n) is 17.0. The highest BCUT2D eigenvalue weighted by atomic mass is 16.5. The lowest BCUT2D eigenvalue weighted by Gasteiger charge is -2.21. The molecule has 1 saturated heterocycles. The fraction of sp³-hybridized carbons (Fsp3) is 0.292. The van der Waals surface area contributed by atoms with Crippen LogP contribution >= 0.6 is 0 Å². The maximum atomic E-state index is 12.8. The fourth-order valence-electron chi connectivity index (χ4n) is 3.60. The molecule has 6 heteroatoms. The van der Waals surface area contributed by atoms with Crippen molar-refractivity contribution >= 4 is 11.7 Å². The lowest BCUT2D eigenvalue weighted by molar-refractivity contribution is 0.0948. The van der Waals surface area contributed by atoms with Gasteiger partial charge in [-0.1, -0.05) is 25.0 Å². The van der Waals surface area contributed by atoms with Crippen molar-refractivity contribution in [3.63, 3.8) is 0 Å². The topological polar surface area (TPSA) is 67.4 Å². The van der Waals surface area contributed by atoms with E-state index in [2.05, 4.69) is 26.3 Å². The number of amides is 1. The van der Waals surface area contributed by atoms with Crippen LogP contribution in [0.4, 0.5) is 5.82 Å². The van der Waals surface area contributed by atoms with E-state index in [1.807, 2.05) is 30.5 Å². The van der Waals surface area contributed by atoms with Crippen LogP contribution in [0.1, 0.15) is 41.6 Å². The molecule has 0 aliphatic carbocycles. The molecule has 1 aliphatic rings. The Balaban J connectivity index is 1.42. The van der Waals surface area contributed by atoms with E-state index in [0.29, 0.717) is 23.6 Å². The second kappa shape index (κ2) is 9.87. The Kier molecular flexibility index (Phi) is 6.54. The zero-order chi connectivity index (χ0) is 20.6. The second-order valence-electron chi connectivity index (χ2n) is 7.39. The molecule has 2 aromatic heterocycles. The highest BCUT2D eigenvalue weighted by molar-refractivity contribution is 5.97. The molecular weight excluding hydrogens is 376 g/mol. The summed E-state index contributed by atoms with van der Waals surface area (Å²) < 4.78 is 5.85. The van der Waals surface area contributed by atoms with Crippen LogP contribution in [-0.4, -0.2) is 29.0 Å². The summed E-state index contributed by atoms with van der Waals surface area (Å²) >= 11 is 0. The minimum atomic E-state index is -0.178. The highest BCUT2D eigenvalue weighted by Crippen LogP contribution is 2.24. The first-order chi connectivity index (χ1) is 14.8. The Morgan fingerprint density at radius 1 is 1.00 bits per heavy atom. The number of carbonyl (C=O) groups excluding carboxylic acids is 1. The summed E-state index contributed by atoms with van der Waals surface area (Å²) in [7, 11) is 0. The minimum absolute atomic E-state index is 0.178. The third-order valence-corrected chi connectivity index (χ3v) is 5.19. The largest absolute Gasteiger partial charge is 0.455 e. The van der Waals surface area contributed by atoms with Crippen LogP contribution < -0.4 is 15.0 Å². The molecule has 1 amide bonds. The van der Waals surface area contributed by atoms with Gasteiger partial charge in [0.25, 0.3) is 5.91 Å². The first kappa shape index (κ1) is 19.9. The number of anilines is 1. The third-order valence-electron chi connectivity index (χ3n) is 5.19. The number of nitrogens with zero attached hydrogens (tertiary/aromatic N) is 3. The first-order valence-corrected chi connectivity index (χ1v) is 10.4. The van der Waals surface area contributed by atoms with Crippen molar-refractivity contribution < 1.29 is 9.53 Å². The summed E-state index contributed by atoms with van der Waals surface area (Å²) in [5, 5.41) is 3.00. The summed E-state index contributed by atoms with van der Waals surface area (Å²) in [6.07, 6.45) is 10.1. The molecule has 0 atom stereocenters. The molecule has 0 spiro atoms. The van der Waals surface area contributed by atoms with E-state index in [-0.39, 0.29) is 5.91 Å². The van der Waals surface area contributed by atoms with E-state index in [0.717, 1.165) is 24.5 Å². The van der Waals surface area contributed by atoms with Crippen LogP contribution in [0.3, 0.4) is 0 Å². The van der Waals surface area contributed by atoms with Crippen LogP contribution in [0, 0.1) is 0 Å². The molecule has 1 aliphatic heterocycles. The molecule has 30 heavy (non-hydrogen) atoms. The lowest BCUT2D eigenvalue weighted by Crippen LogP contribution is -2.26. The molecular formula is C24H26N4O2. The number of rotatable bonds is 6. The van der Waals surface area contributed by atoms with E-state index >= 15 is 0 Å². The fourth-order valence-corrected chi connectivity index (χ4v) is 3.60. The number of ether oxygens (including phenoxy) is 1. The number of hydrogen-bond donors (Lipinski definition) is 1. The molecule has 4 rings (SSSR count). The van der Waals surface area contributed by atoms with Gasteiger partial charge in [-0.25, -0.2) is 4.98 Å². The lowest BCUT2D eigenvalue weighted by atomic mass is 10.1. The molecule has 0 saturated carbocycles. The maximum Gasteiger partial charge on any atom is 0.255 e. The number of benzene rings is 1. The van der Waals surface area contributed by atoms with E-state index in [1.54, 1.807) is 30.6 Å². The van der Waals surface area contributed by atoms with Crippen LogP contribution in [-0.2, 0) is 6.54 Å². The van der Waals surface area contributed by atoms with Crippen LogP contribution in [0.5, 0.6) is 11.5 Å². The van der Waals surface area contributed by atoms with Crippen molar-refractivity contribution in [2.45, 2.75) is 32.2 Å². The van der Waals surface area contributed by atoms with Crippen molar-refractivity contribution in [2.75, 3.05) is 18.0 Å². The second-order valence-corrected chi connectivity index (χ2v) is 7.39. The normalized spacial score (nSPS) is 14.1. The van der Waals surface area contributed by atoms with Gasteiger partial charge in [-0.2, -0.15) is 0 Å². The summed E-state index contributed by atoms with van der Waals surface area (Å²) in [5.41, 5.74) is 1.52. The Bertz CT molecular complexity index is 970. The van der Waals surface area contributed by atoms with E-state index in [4.69, 9.17) is 4.74 Å². The molecule has 0 radical (unpaired) electrons. The van der Waals surface area contributed by atoms with E-state index < -0.39 is 0 Å². The van der Waals surface area contributed by atoms with Crippen molar-refractivity contribution in [2.24, 2.45) is 0 Å². The Labute approximate surface area is 176 Å². The van der Waals surface area contributed by atoms with Crippen molar-refractivity contribution in [3.8, 4) is 11.5 Å². The monoisotopic (exact) mass is 402 g/mol. The van der Waals surface area contributed by atoms with Crippen LogP contribution in [0.2, 0.25) is 0 Å². The van der Waals surface area contributed by atoms with Crippen LogP contribution in [0.25, 0.3) is 0 Å². The summed E-state index contributed by atoms with van der Waals surface area (Å²) in [6.45, 7) is 2.52. The highest BCUT2D eigenvalue weighted by Gasteiger charge is 2.14. The average molecular weight is 402 g/mol. The van der Waals surface area contributed by atoms with Gasteiger partial charge in [0, 0.05) is 32.0 Å². The molecule has 154 valence electrons. The SMILES string of the molecule is O=C(NCc1ccnc(N2CCCCCC2)c1)c1ccccc1Oc1cccnc1. The number of nitrogens with one attached hydrogen (secondary N) is 1. The third kappa shape index (κ3) is 5.14. The smallest absolute Gasteiger partial charge is 0.255 e. The van der Waals surface area contributed by atoms with Gasteiger partial charge in [0.2, 0.25) is 0 Å². The molecule has 3 aromatic rings. The number of carbonyl (C=O) groups is 1. The van der Waals surface area contributed by atoms with E-state index in [1.165, 1.54) is 25.7 Å². The van der Waals surface area contributed by atoms with Crippen molar-refractivity contribution in [1.29, 1.82) is 0 Å². The van der Waals surface area contributed by atoms with Gasteiger partial charge in [0.05, 0.1) is 11.8 Å². The number of aromatic nitrogens is 2. The number of pyridine rings is 2. The summed E-state index contributed by atoms with van der Waals surface area (Å²) in [6, 6.07) is 14.8. The minimum Gasteiger partial charge on any atom is -0.455 e. The molecule has 1 aromatic carbocycles. The van der Waals surface area contributed by atoms with Gasteiger partial charge < -0.3 is 15.0 Å². The predicted molar refractivity (Wildman–Crippen MR) is 117 cm³/mol. The van der Waals surface area contributed by atoms with Gasteiger partial charge in [-0.3, -0.25) is 9.78 Å². The maximum absolute atomic E-state index is 12.8. The molecule has 3 heterocycles. The van der Waals surface area contributed by atoms with Gasteiger partial charge in [-0.05, 0) is 54.8 Å². The quantitative estimate of drug-likeness (QED) is 0.654. The Morgan fingerprint density at radius 2 is 1.83 bits per heavy atom. The number of hydrogen-bond acceptors (Lipinski definition) is 5. The van der Waals surface area contributed by atoms with Gasteiger partial charge in [0.15, 0.2) is 0 Å². The molecule has 1 N–H and O–H groups in total. The first-order valence-electron chi connectivity index (χ1n) is 10.4. The van der Waals surface area contributed by atoms with Crippen molar-refractivity contribution in [1.82, 2.24) is 15.3 Å². The average Bonchev–Trinajstić information content (AvgIpc) is 3.08. The molecule has 0 bridgehead atoms. The van der Waals surface area contributed by atoms with E-state index in [9.17, 15) is 4.79 Å². The van der Waals surface area contributed by atoms with Crippen LogP contribution in [0.15, 0.2) is 67.1 Å². The summed E-state index contributed by atoms with van der Waals surface area (Å²) in [5.74, 6) is 1.91. The van der Waals surface area contributed by atoms with Gasteiger partial charge in [-0.15, -0.1) is 0 Å². The standard InChI is InChI=1S/C24H26N4O2/c29-24(21-9-3-4-10-22(21)30-20-8-7-12-25-18-20)27-17-19-11-13-26-23(16-19)28-14-5-1-2-6-15-28/h3-4,7-13,16,18H,1-2,5-6,14-15,17H2,(H,27,29). The zero-order valence-corrected chi connectivity index (χ0v) is 17.0. The molecule has 6 nitrogen and oxygen atoms in total. The predicted octanol–water partition coefficient (Wildman–Crippen LogP) is 4.58.